The topological polar surface area (TPSA) is 68.5 Å². The van der Waals surface area contributed by atoms with Gasteiger partial charge in [0.15, 0.2) is 11.5 Å². The van der Waals surface area contributed by atoms with Crippen molar-refractivity contribution in [3.63, 3.8) is 0 Å². The van der Waals surface area contributed by atoms with Gasteiger partial charge in [-0.3, -0.25) is 9.59 Å². The van der Waals surface area contributed by atoms with Crippen molar-refractivity contribution < 1.29 is 18.7 Å². The Labute approximate surface area is 148 Å². The number of rotatable bonds is 10. The highest BCUT2D eigenvalue weighted by atomic mass is 16.5. The van der Waals surface area contributed by atoms with Gasteiger partial charge < -0.3 is 14.5 Å². The predicted octanol–water partition coefficient (Wildman–Crippen LogP) is 4.37. The molecule has 2 rings (SSSR count). The molecule has 5 heteroatoms. The first kappa shape index (κ1) is 18.8. The van der Waals surface area contributed by atoms with Crippen LogP contribution in [-0.4, -0.2) is 18.2 Å². The van der Waals surface area contributed by atoms with Crippen LogP contribution < -0.4 is 10.1 Å². The van der Waals surface area contributed by atoms with Gasteiger partial charge in [0.1, 0.15) is 18.1 Å². The normalized spacial score (nSPS) is 10.5. The fourth-order valence-corrected chi connectivity index (χ4v) is 2.36. The number of hydrogen-bond donors (Lipinski definition) is 1. The van der Waals surface area contributed by atoms with Crippen molar-refractivity contribution >= 4 is 11.7 Å². The van der Waals surface area contributed by atoms with Crippen LogP contribution in [0, 0.1) is 0 Å². The number of carbonyl (C=O) groups excluding carboxylic acids is 2. The Morgan fingerprint density at radius 2 is 1.80 bits per heavy atom. The molecule has 1 aromatic carbocycles. The fourth-order valence-electron chi connectivity index (χ4n) is 2.36. The van der Waals surface area contributed by atoms with Gasteiger partial charge in [-0.1, -0.05) is 26.2 Å². The molecular weight excluding hydrogens is 318 g/mol. The molecule has 0 aliphatic carbocycles. The number of hydrogen-bond acceptors (Lipinski definition) is 4. The Bertz CT molecular complexity index is 688. The summed E-state index contributed by atoms with van der Waals surface area (Å²) in [5.41, 5.74) is 0.642. The third kappa shape index (κ3) is 6.10. The van der Waals surface area contributed by atoms with Gasteiger partial charge in [0.05, 0.1) is 0 Å². The summed E-state index contributed by atoms with van der Waals surface area (Å²) in [7, 11) is 0. The van der Waals surface area contributed by atoms with Crippen LogP contribution in [-0.2, 0) is 6.61 Å². The maximum absolute atomic E-state index is 12.0. The molecule has 5 nitrogen and oxygen atoms in total. The fraction of sp³-hybridized carbons (Fsp3) is 0.400. The van der Waals surface area contributed by atoms with E-state index in [1.807, 2.05) is 0 Å². The summed E-state index contributed by atoms with van der Waals surface area (Å²) in [5.74, 6) is 1.33. The molecule has 1 N–H and O–H groups in total. The van der Waals surface area contributed by atoms with E-state index in [0.717, 1.165) is 12.8 Å². The van der Waals surface area contributed by atoms with E-state index in [4.69, 9.17) is 9.15 Å². The Morgan fingerprint density at radius 1 is 1.04 bits per heavy atom. The Morgan fingerprint density at radius 3 is 2.48 bits per heavy atom. The lowest BCUT2D eigenvalue weighted by atomic mass is 10.1. The molecule has 1 aromatic heterocycles. The van der Waals surface area contributed by atoms with E-state index in [-0.39, 0.29) is 18.3 Å². The smallest absolute Gasteiger partial charge is 0.286 e. The van der Waals surface area contributed by atoms with Crippen LogP contribution in [0.2, 0.25) is 0 Å². The minimum Gasteiger partial charge on any atom is -0.486 e. The van der Waals surface area contributed by atoms with Gasteiger partial charge in [-0.25, -0.2) is 0 Å². The Hall–Kier alpha value is -2.56. The summed E-state index contributed by atoms with van der Waals surface area (Å²) in [6.07, 6.45) is 4.46. The lowest BCUT2D eigenvalue weighted by molar-refractivity contribution is 0.0920. The summed E-state index contributed by atoms with van der Waals surface area (Å²) >= 11 is 0. The molecule has 0 saturated heterocycles. The van der Waals surface area contributed by atoms with E-state index >= 15 is 0 Å². The van der Waals surface area contributed by atoms with Crippen LogP contribution in [0.15, 0.2) is 40.8 Å². The van der Waals surface area contributed by atoms with E-state index in [0.29, 0.717) is 29.4 Å². The molecule has 0 unspecified atom stereocenters. The number of nitrogens with one attached hydrogen (secondary N) is 1. The SMILES string of the molecule is CCCCCCNC(=O)c1ccc(COc2ccc(C(C)=O)cc2)o1. The van der Waals surface area contributed by atoms with E-state index in [1.165, 1.54) is 19.8 Å². The highest BCUT2D eigenvalue weighted by Gasteiger charge is 2.11. The average Bonchev–Trinajstić information content (AvgIpc) is 3.09. The van der Waals surface area contributed by atoms with Crippen LogP contribution in [0.5, 0.6) is 5.75 Å². The molecular formula is C20H25NO4. The molecule has 0 spiro atoms. The maximum Gasteiger partial charge on any atom is 0.286 e. The molecule has 0 radical (unpaired) electrons. The first-order valence-electron chi connectivity index (χ1n) is 8.71. The number of unbranched alkanes of at least 4 members (excludes halogenated alkanes) is 3. The van der Waals surface area contributed by atoms with Crippen LogP contribution in [0.3, 0.4) is 0 Å². The molecule has 0 bridgehead atoms. The van der Waals surface area contributed by atoms with E-state index in [1.54, 1.807) is 36.4 Å². The molecule has 0 atom stereocenters. The standard InChI is InChI=1S/C20H25NO4/c1-3-4-5-6-13-21-20(23)19-12-11-18(25-19)14-24-17-9-7-16(8-10-17)15(2)22/h7-12H,3-6,13-14H2,1-2H3,(H,21,23). The second kappa shape index (κ2) is 9.67. The number of amides is 1. The van der Waals surface area contributed by atoms with Gasteiger partial charge >= 0.3 is 0 Å². The molecule has 25 heavy (non-hydrogen) atoms. The lowest BCUT2D eigenvalue weighted by Crippen LogP contribution is -2.23. The Kier molecular flexibility index (Phi) is 7.26. The zero-order valence-electron chi connectivity index (χ0n) is 14.8. The lowest BCUT2D eigenvalue weighted by Gasteiger charge is -2.05. The van der Waals surface area contributed by atoms with Crippen molar-refractivity contribution in [2.75, 3.05) is 6.54 Å². The van der Waals surface area contributed by atoms with E-state index < -0.39 is 0 Å². The zero-order chi connectivity index (χ0) is 18.1. The number of carbonyl (C=O) groups is 2. The van der Waals surface area contributed by atoms with Gasteiger partial charge in [0, 0.05) is 12.1 Å². The van der Waals surface area contributed by atoms with Crippen LogP contribution >= 0.6 is 0 Å². The summed E-state index contributed by atoms with van der Waals surface area (Å²) < 4.78 is 11.1. The molecule has 2 aromatic rings. The number of ketones is 1. The number of furan rings is 1. The summed E-state index contributed by atoms with van der Waals surface area (Å²) in [6, 6.07) is 10.3. The van der Waals surface area contributed by atoms with Gasteiger partial charge in [0.25, 0.3) is 5.91 Å². The first-order valence-corrected chi connectivity index (χ1v) is 8.71. The quantitative estimate of drug-likeness (QED) is 0.514. The predicted molar refractivity (Wildman–Crippen MR) is 96.0 cm³/mol. The van der Waals surface area contributed by atoms with Crippen LogP contribution in [0.25, 0.3) is 0 Å². The van der Waals surface area contributed by atoms with Crippen LogP contribution in [0.4, 0.5) is 0 Å². The first-order chi connectivity index (χ1) is 12.1. The minimum absolute atomic E-state index is 0.0166. The van der Waals surface area contributed by atoms with Crippen molar-refractivity contribution in [2.45, 2.75) is 46.1 Å². The van der Waals surface area contributed by atoms with Crippen molar-refractivity contribution in [1.82, 2.24) is 5.32 Å². The van der Waals surface area contributed by atoms with E-state index in [2.05, 4.69) is 12.2 Å². The number of benzene rings is 1. The van der Waals surface area contributed by atoms with Gasteiger partial charge in [0.2, 0.25) is 0 Å². The minimum atomic E-state index is -0.200. The molecule has 1 heterocycles. The maximum atomic E-state index is 12.0. The van der Waals surface area contributed by atoms with Crippen molar-refractivity contribution in [2.24, 2.45) is 0 Å². The summed E-state index contributed by atoms with van der Waals surface area (Å²) in [6.45, 7) is 4.56. The third-order valence-electron chi connectivity index (χ3n) is 3.84. The largest absolute Gasteiger partial charge is 0.486 e. The van der Waals surface area contributed by atoms with Gasteiger partial charge in [-0.05, 0) is 49.7 Å². The Balaban J connectivity index is 1.78. The monoisotopic (exact) mass is 343 g/mol. The molecule has 134 valence electrons. The van der Waals surface area contributed by atoms with Crippen molar-refractivity contribution in [3.05, 3.63) is 53.5 Å². The third-order valence-corrected chi connectivity index (χ3v) is 3.84. The average molecular weight is 343 g/mol. The molecule has 0 aliphatic rings. The van der Waals surface area contributed by atoms with Gasteiger partial charge in [-0.15, -0.1) is 0 Å². The van der Waals surface area contributed by atoms with Crippen molar-refractivity contribution in [1.29, 1.82) is 0 Å². The summed E-state index contributed by atoms with van der Waals surface area (Å²) in [4.78, 5) is 23.2. The highest BCUT2D eigenvalue weighted by molar-refractivity contribution is 5.94. The second-order valence-corrected chi connectivity index (χ2v) is 5.95. The molecule has 0 fully saturated rings. The highest BCUT2D eigenvalue weighted by Crippen LogP contribution is 2.16. The second-order valence-electron chi connectivity index (χ2n) is 5.95. The zero-order valence-corrected chi connectivity index (χ0v) is 14.8. The molecule has 0 saturated carbocycles. The molecule has 0 aliphatic heterocycles. The number of Topliss-reactive ketones (excluding diaryl/α,β-unsaturated/α-hetero) is 1. The van der Waals surface area contributed by atoms with Gasteiger partial charge in [-0.2, -0.15) is 0 Å². The van der Waals surface area contributed by atoms with E-state index in [9.17, 15) is 9.59 Å². The number of ether oxygens (including phenoxy) is 1. The van der Waals surface area contributed by atoms with Crippen molar-refractivity contribution in [3.8, 4) is 5.75 Å². The van der Waals surface area contributed by atoms with Crippen LogP contribution in [0.1, 0.15) is 66.2 Å². The molecule has 1 amide bonds. The summed E-state index contributed by atoms with van der Waals surface area (Å²) in [5, 5.41) is 2.86.